The maximum absolute atomic E-state index is 4.07. The first kappa shape index (κ1) is 6.76. The molecule has 6 heteroatoms. The highest BCUT2D eigenvalue weighted by molar-refractivity contribution is 5.62. The third-order valence-electron chi connectivity index (χ3n) is 2.26. The molecule has 0 radical (unpaired) electrons. The SMILES string of the molecule is c1nn2nnnc2c2c1NCCC2. The number of rotatable bonds is 0. The Bertz CT molecular complexity index is 447. The minimum atomic E-state index is 0.768. The molecule has 1 aliphatic heterocycles. The normalized spacial score (nSPS) is 15.4. The third kappa shape index (κ3) is 0.881. The van der Waals surface area contributed by atoms with Crippen molar-refractivity contribution in [2.45, 2.75) is 12.8 Å². The van der Waals surface area contributed by atoms with E-state index in [0.717, 1.165) is 30.7 Å². The minimum absolute atomic E-state index is 0.768. The van der Waals surface area contributed by atoms with Crippen molar-refractivity contribution in [3.05, 3.63) is 11.8 Å². The maximum atomic E-state index is 4.07. The molecule has 1 aliphatic rings. The lowest BCUT2D eigenvalue weighted by molar-refractivity contribution is 0.722. The van der Waals surface area contributed by atoms with Gasteiger partial charge in [0.05, 0.1) is 11.9 Å². The van der Waals surface area contributed by atoms with Gasteiger partial charge in [-0.3, -0.25) is 0 Å². The Morgan fingerprint density at radius 3 is 3.46 bits per heavy atom. The quantitative estimate of drug-likeness (QED) is 0.606. The van der Waals surface area contributed by atoms with E-state index in [-0.39, 0.29) is 0 Å². The second-order valence-corrected chi connectivity index (χ2v) is 3.06. The van der Waals surface area contributed by atoms with Gasteiger partial charge in [0.1, 0.15) is 0 Å². The van der Waals surface area contributed by atoms with Gasteiger partial charge in [0, 0.05) is 12.1 Å². The molecule has 0 saturated carbocycles. The summed E-state index contributed by atoms with van der Waals surface area (Å²) in [6.07, 6.45) is 3.92. The Morgan fingerprint density at radius 1 is 1.46 bits per heavy atom. The predicted octanol–water partition coefficient (Wildman–Crippen LogP) is -0.123. The van der Waals surface area contributed by atoms with Crippen LogP contribution in [-0.2, 0) is 6.42 Å². The lowest BCUT2D eigenvalue weighted by Gasteiger charge is -2.16. The van der Waals surface area contributed by atoms with Crippen LogP contribution in [0.4, 0.5) is 5.69 Å². The van der Waals surface area contributed by atoms with E-state index in [4.69, 9.17) is 0 Å². The molecule has 2 aromatic heterocycles. The number of aromatic nitrogens is 5. The van der Waals surface area contributed by atoms with Crippen molar-refractivity contribution >= 4 is 11.3 Å². The molecular formula is C7H8N6. The van der Waals surface area contributed by atoms with Gasteiger partial charge in [-0.2, -0.15) is 5.10 Å². The van der Waals surface area contributed by atoms with E-state index in [1.807, 2.05) is 0 Å². The smallest absolute Gasteiger partial charge is 0.205 e. The molecule has 1 N–H and O–H groups in total. The Morgan fingerprint density at radius 2 is 2.46 bits per heavy atom. The Labute approximate surface area is 73.9 Å². The molecule has 2 aromatic rings. The van der Waals surface area contributed by atoms with Crippen LogP contribution in [0.25, 0.3) is 5.65 Å². The van der Waals surface area contributed by atoms with Crippen LogP contribution in [0.15, 0.2) is 6.20 Å². The van der Waals surface area contributed by atoms with Crippen LogP contribution in [0.5, 0.6) is 0 Å². The molecule has 66 valence electrons. The van der Waals surface area contributed by atoms with E-state index >= 15 is 0 Å². The number of hydrogen-bond donors (Lipinski definition) is 1. The molecule has 0 unspecified atom stereocenters. The number of hydrogen-bond acceptors (Lipinski definition) is 5. The summed E-state index contributed by atoms with van der Waals surface area (Å²) in [6.45, 7) is 1.01. The zero-order valence-electron chi connectivity index (χ0n) is 6.93. The summed E-state index contributed by atoms with van der Waals surface area (Å²) in [5.41, 5.74) is 3.00. The lowest BCUT2D eigenvalue weighted by atomic mass is 10.1. The van der Waals surface area contributed by atoms with Crippen LogP contribution >= 0.6 is 0 Å². The van der Waals surface area contributed by atoms with Gasteiger partial charge in [-0.1, -0.05) is 0 Å². The molecule has 0 saturated heterocycles. The van der Waals surface area contributed by atoms with E-state index in [2.05, 4.69) is 25.9 Å². The van der Waals surface area contributed by atoms with E-state index in [1.54, 1.807) is 6.20 Å². The summed E-state index contributed by atoms with van der Waals surface area (Å²) < 4.78 is 1.46. The van der Waals surface area contributed by atoms with Gasteiger partial charge >= 0.3 is 0 Å². The number of nitrogens with one attached hydrogen (secondary N) is 1. The molecule has 0 aromatic carbocycles. The Balaban J connectivity index is 2.34. The fraction of sp³-hybridized carbons (Fsp3) is 0.429. The Hall–Kier alpha value is -1.72. The minimum Gasteiger partial charge on any atom is -0.383 e. The highest BCUT2D eigenvalue weighted by Gasteiger charge is 2.14. The monoisotopic (exact) mass is 176 g/mol. The van der Waals surface area contributed by atoms with Crippen LogP contribution in [-0.4, -0.2) is 31.8 Å². The van der Waals surface area contributed by atoms with Gasteiger partial charge in [-0.05, 0) is 23.3 Å². The zero-order valence-corrected chi connectivity index (χ0v) is 6.93. The van der Waals surface area contributed by atoms with Crippen LogP contribution in [0.1, 0.15) is 12.0 Å². The van der Waals surface area contributed by atoms with Crippen LogP contribution in [0.3, 0.4) is 0 Å². The lowest BCUT2D eigenvalue weighted by Crippen LogP contribution is -2.14. The standard InChI is InChI=1S/C7H8N6/c1-2-5-6(8-3-1)4-9-13-7(5)10-11-12-13/h4,8H,1-3H2. The highest BCUT2D eigenvalue weighted by Crippen LogP contribution is 2.22. The van der Waals surface area contributed by atoms with Gasteiger partial charge in [-0.15, -0.1) is 9.73 Å². The number of fused-ring (bicyclic) bond motifs is 3. The summed E-state index contributed by atoms with van der Waals surface area (Å²) in [7, 11) is 0. The summed E-state index contributed by atoms with van der Waals surface area (Å²) in [4.78, 5) is 0. The average molecular weight is 176 g/mol. The van der Waals surface area contributed by atoms with Crippen molar-refractivity contribution in [3.63, 3.8) is 0 Å². The van der Waals surface area contributed by atoms with E-state index in [1.165, 1.54) is 10.2 Å². The second kappa shape index (κ2) is 2.38. The number of tetrazole rings is 1. The van der Waals surface area contributed by atoms with Crippen LogP contribution < -0.4 is 5.32 Å². The number of aryl methyl sites for hydroxylation is 1. The maximum Gasteiger partial charge on any atom is 0.205 e. The van der Waals surface area contributed by atoms with Crippen molar-refractivity contribution < 1.29 is 0 Å². The fourth-order valence-electron chi connectivity index (χ4n) is 1.64. The summed E-state index contributed by atoms with van der Waals surface area (Å²) in [5, 5.41) is 18.6. The van der Waals surface area contributed by atoms with E-state index in [9.17, 15) is 0 Å². The second-order valence-electron chi connectivity index (χ2n) is 3.06. The molecule has 0 fully saturated rings. The average Bonchev–Trinajstić information content (AvgIpc) is 2.65. The van der Waals surface area contributed by atoms with Crippen molar-refractivity contribution in [3.8, 4) is 0 Å². The molecule has 3 heterocycles. The third-order valence-corrected chi connectivity index (χ3v) is 2.26. The Kier molecular flexibility index (Phi) is 1.24. The van der Waals surface area contributed by atoms with Gasteiger partial charge in [-0.25, -0.2) is 0 Å². The summed E-state index contributed by atoms with van der Waals surface area (Å²) in [5.74, 6) is 0. The van der Waals surface area contributed by atoms with Gasteiger partial charge < -0.3 is 5.32 Å². The summed E-state index contributed by atoms with van der Waals surface area (Å²) >= 11 is 0. The van der Waals surface area contributed by atoms with Crippen LogP contribution in [0, 0.1) is 0 Å². The molecule has 13 heavy (non-hydrogen) atoms. The van der Waals surface area contributed by atoms with E-state index < -0.39 is 0 Å². The van der Waals surface area contributed by atoms with Crippen molar-refractivity contribution in [2.75, 3.05) is 11.9 Å². The summed E-state index contributed by atoms with van der Waals surface area (Å²) in [6, 6.07) is 0. The van der Waals surface area contributed by atoms with Gasteiger partial charge in [0.2, 0.25) is 5.65 Å². The first-order chi connectivity index (χ1) is 6.45. The highest BCUT2D eigenvalue weighted by atomic mass is 15.6. The van der Waals surface area contributed by atoms with Crippen molar-refractivity contribution in [1.29, 1.82) is 0 Å². The molecule has 0 spiro atoms. The molecule has 3 rings (SSSR count). The molecular weight excluding hydrogens is 168 g/mol. The van der Waals surface area contributed by atoms with Gasteiger partial charge in [0.25, 0.3) is 0 Å². The van der Waals surface area contributed by atoms with Gasteiger partial charge in [0.15, 0.2) is 0 Å². The molecule has 0 amide bonds. The molecule has 0 bridgehead atoms. The number of nitrogens with zero attached hydrogens (tertiary/aromatic N) is 5. The van der Waals surface area contributed by atoms with Crippen LogP contribution in [0.2, 0.25) is 0 Å². The molecule has 6 nitrogen and oxygen atoms in total. The zero-order chi connectivity index (χ0) is 8.67. The number of anilines is 1. The van der Waals surface area contributed by atoms with E-state index in [0.29, 0.717) is 0 Å². The van der Waals surface area contributed by atoms with Crippen molar-refractivity contribution in [2.24, 2.45) is 0 Å². The first-order valence-corrected chi connectivity index (χ1v) is 4.25. The predicted molar refractivity (Wildman–Crippen MR) is 45.4 cm³/mol. The molecule has 0 aliphatic carbocycles. The largest absolute Gasteiger partial charge is 0.383 e. The topological polar surface area (TPSA) is 68.0 Å². The molecule has 0 atom stereocenters. The first-order valence-electron chi connectivity index (χ1n) is 4.25. The fourth-order valence-corrected chi connectivity index (χ4v) is 1.64. The van der Waals surface area contributed by atoms with Crippen molar-refractivity contribution in [1.82, 2.24) is 25.3 Å².